The summed E-state index contributed by atoms with van der Waals surface area (Å²) in [6, 6.07) is 8.41. The van der Waals surface area contributed by atoms with Crippen LogP contribution in [0, 0.1) is 25.5 Å². The molecule has 5 nitrogen and oxygen atoms in total. The lowest BCUT2D eigenvalue weighted by Crippen LogP contribution is -2.36. The third-order valence-electron chi connectivity index (χ3n) is 3.91. The first-order chi connectivity index (χ1) is 12.3. The van der Waals surface area contributed by atoms with Gasteiger partial charge in [0, 0.05) is 11.8 Å². The van der Waals surface area contributed by atoms with Crippen LogP contribution in [0.3, 0.4) is 0 Å². The van der Waals surface area contributed by atoms with Crippen molar-refractivity contribution in [3.63, 3.8) is 0 Å². The van der Waals surface area contributed by atoms with E-state index in [0.717, 1.165) is 35.0 Å². The molecule has 2 amide bonds. The first-order valence-electron chi connectivity index (χ1n) is 8.06. The zero-order chi connectivity index (χ0) is 19.3. The van der Waals surface area contributed by atoms with E-state index in [4.69, 9.17) is 0 Å². The van der Waals surface area contributed by atoms with Crippen molar-refractivity contribution in [3.05, 3.63) is 59.2 Å². The number of likely N-dealkylation sites (N-methyl/N-ethyl adjacent to an activating group) is 1. The smallest absolute Gasteiger partial charge is 0.238 e. The normalized spacial score (nSPS) is 10.7. The van der Waals surface area contributed by atoms with Crippen molar-refractivity contribution >= 4 is 23.2 Å². The molecular formula is C19H21F2N3O2. The number of benzene rings is 2. The zero-order valence-corrected chi connectivity index (χ0v) is 14.9. The second-order valence-corrected chi connectivity index (χ2v) is 6.14. The summed E-state index contributed by atoms with van der Waals surface area (Å²) in [6.45, 7) is 3.70. The summed E-state index contributed by atoms with van der Waals surface area (Å²) in [7, 11) is 1.59. The number of aryl methyl sites for hydroxylation is 1. The van der Waals surface area contributed by atoms with Crippen LogP contribution in [0.1, 0.15) is 11.1 Å². The van der Waals surface area contributed by atoms with Crippen molar-refractivity contribution in [2.24, 2.45) is 0 Å². The van der Waals surface area contributed by atoms with E-state index >= 15 is 0 Å². The number of carbonyl (C=O) groups excluding carboxylic acids is 2. The Bertz CT molecular complexity index is 806. The lowest BCUT2D eigenvalue weighted by atomic mass is 10.1. The highest BCUT2D eigenvalue weighted by molar-refractivity contribution is 5.95. The minimum Gasteiger partial charge on any atom is -0.325 e. The SMILES string of the molecule is Cc1cccc(NC(=O)CN(C)CC(=O)Nc2cc(F)ccc2F)c1C. The van der Waals surface area contributed by atoms with Crippen LogP contribution in [0.5, 0.6) is 0 Å². The summed E-state index contributed by atoms with van der Waals surface area (Å²) < 4.78 is 26.6. The molecule has 0 aliphatic carbocycles. The second kappa shape index (κ2) is 8.53. The molecule has 2 aromatic rings. The van der Waals surface area contributed by atoms with Gasteiger partial charge in [-0.25, -0.2) is 8.78 Å². The van der Waals surface area contributed by atoms with E-state index in [0.29, 0.717) is 0 Å². The number of carbonyl (C=O) groups is 2. The van der Waals surface area contributed by atoms with Gasteiger partial charge in [-0.1, -0.05) is 12.1 Å². The molecule has 26 heavy (non-hydrogen) atoms. The Kier molecular flexibility index (Phi) is 6.41. The van der Waals surface area contributed by atoms with Gasteiger partial charge in [0.05, 0.1) is 18.8 Å². The largest absolute Gasteiger partial charge is 0.325 e. The van der Waals surface area contributed by atoms with Gasteiger partial charge in [-0.2, -0.15) is 0 Å². The Morgan fingerprint density at radius 2 is 1.58 bits per heavy atom. The molecule has 0 aliphatic rings. The Labute approximate surface area is 151 Å². The standard InChI is InChI=1S/C19H21F2N3O2/c1-12-5-4-6-16(13(12)2)22-18(25)10-24(3)11-19(26)23-17-9-14(20)7-8-15(17)21/h4-9H,10-11H2,1-3H3,(H,22,25)(H,23,26). The van der Waals surface area contributed by atoms with Gasteiger partial charge in [0.2, 0.25) is 11.8 Å². The number of rotatable bonds is 6. The number of halogens is 2. The highest BCUT2D eigenvalue weighted by atomic mass is 19.1. The molecule has 0 aliphatic heterocycles. The average Bonchev–Trinajstić information content (AvgIpc) is 2.55. The maximum absolute atomic E-state index is 13.5. The molecule has 2 N–H and O–H groups in total. The van der Waals surface area contributed by atoms with Crippen molar-refractivity contribution in [2.75, 3.05) is 30.8 Å². The predicted molar refractivity (Wildman–Crippen MR) is 97.0 cm³/mol. The molecule has 0 saturated carbocycles. The summed E-state index contributed by atoms with van der Waals surface area (Å²) in [6.07, 6.45) is 0. The molecule has 7 heteroatoms. The monoisotopic (exact) mass is 361 g/mol. The van der Waals surface area contributed by atoms with Crippen LogP contribution in [0.4, 0.5) is 20.2 Å². The molecule has 0 radical (unpaired) electrons. The lowest BCUT2D eigenvalue weighted by Gasteiger charge is -2.17. The molecule has 2 rings (SSSR count). The number of hydrogen-bond donors (Lipinski definition) is 2. The molecule has 0 aromatic heterocycles. The zero-order valence-electron chi connectivity index (χ0n) is 14.9. The van der Waals surface area contributed by atoms with Crippen molar-refractivity contribution in [1.82, 2.24) is 4.90 Å². The molecule has 2 aromatic carbocycles. The van der Waals surface area contributed by atoms with Gasteiger partial charge in [-0.15, -0.1) is 0 Å². The summed E-state index contributed by atoms with van der Waals surface area (Å²) in [4.78, 5) is 25.6. The highest BCUT2D eigenvalue weighted by Crippen LogP contribution is 2.18. The van der Waals surface area contributed by atoms with Gasteiger partial charge in [-0.3, -0.25) is 14.5 Å². The summed E-state index contributed by atoms with van der Waals surface area (Å²) >= 11 is 0. The van der Waals surface area contributed by atoms with E-state index in [1.165, 1.54) is 4.90 Å². The third-order valence-corrected chi connectivity index (χ3v) is 3.91. The number of anilines is 2. The Balaban J connectivity index is 1.88. The van der Waals surface area contributed by atoms with Gasteiger partial charge >= 0.3 is 0 Å². The molecule has 0 saturated heterocycles. The minimum atomic E-state index is -0.727. The minimum absolute atomic E-state index is 0.0214. The lowest BCUT2D eigenvalue weighted by molar-refractivity contribution is -0.119. The van der Waals surface area contributed by atoms with Gasteiger partial charge in [-0.05, 0) is 50.2 Å². The fourth-order valence-electron chi connectivity index (χ4n) is 2.41. The van der Waals surface area contributed by atoms with E-state index in [-0.39, 0.29) is 24.7 Å². The van der Waals surface area contributed by atoms with Crippen LogP contribution in [0.25, 0.3) is 0 Å². The summed E-state index contributed by atoms with van der Waals surface area (Å²) in [5, 5.41) is 5.09. The van der Waals surface area contributed by atoms with Crippen molar-refractivity contribution in [1.29, 1.82) is 0 Å². The Hall–Kier alpha value is -2.80. The maximum Gasteiger partial charge on any atom is 0.238 e. The van der Waals surface area contributed by atoms with E-state index < -0.39 is 17.5 Å². The number of nitrogens with zero attached hydrogens (tertiary/aromatic N) is 1. The molecule has 0 heterocycles. The number of amides is 2. The molecule has 0 unspecified atom stereocenters. The molecule has 0 bridgehead atoms. The molecule has 0 fully saturated rings. The second-order valence-electron chi connectivity index (χ2n) is 6.14. The van der Waals surface area contributed by atoms with Crippen LogP contribution in [0.15, 0.2) is 36.4 Å². The topological polar surface area (TPSA) is 61.4 Å². The number of nitrogens with one attached hydrogen (secondary N) is 2. The summed E-state index contributed by atoms with van der Waals surface area (Å²) in [5.41, 5.74) is 2.52. The predicted octanol–water partition coefficient (Wildman–Crippen LogP) is 3.09. The first kappa shape index (κ1) is 19.5. The highest BCUT2D eigenvalue weighted by Gasteiger charge is 2.14. The van der Waals surface area contributed by atoms with Gasteiger partial charge in [0.15, 0.2) is 0 Å². The molecule has 138 valence electrons. The fraction of sp³-hybridized carbons (Fsp3) is 0.263. The van der Waals surface area contributed by atoms with Crippen molar-refractivity contribution < 1.29 is 18.4 Å². The first-order valence-corrected chi connectivity index (χ1v) is 8.06. The van der Waals surface area contributed by atoms with E-state index in [1.807, 2.05) is 26.0 Å². The fourth-order valence-corrected chi connectivity index (χ4v) is 2.41. The van der Waals surface area contributed by atoms with Crippen LogP contribution in [-0.4, -0.2) is 36.9 Å². The Morgan fingerprint density at radius 1 is 0.962 bits per heavy atom. The molecule has 0 spiro atoms. The van der Waals surface area contributed by atoms with Gasteiger partial charge < -0.3 is 10.6 Å². The van der Waals surface area contributed by atoms with Crippen molar-refractivity contribution in [3.8, 4) is 0 Å². The molecular weight excluding hydrogens is 340 g/mol. The third kappa shape index (κ3) is 5.35. The van der Waals surface area contributed by atoms with E-state index in [1.54, 1.807) is 13.1 Å². The van der Waals surface area contributed by atoms with Crippen LogP contribution in [0.2, 0.25) is 0 Å². The molecule has 0 atom stereocenters. The van der Waals surface area contributed by atoms with Gasteiger partial charge in [0.25, 0.3) is 0 Å². The van der Waals surface area contributed by atoms with Crippen LogP contribution in [-0.2, 0) is 9.59 Å². The van der Waals surface area contributed by atoms with E-state index in [9.17, 15) is 18.4 Å². The van der Waals surface area contributed by atoms with Gasteiger partial charge in [0.1, 0.15) is 11.6 Å². The van der Waals surface area contributed by atoms with Crippen LogP contribution < -0.4 is 10.6 Å². The van der Waals surface area contributed by atoms with Crippen molar-refractivity contribution in [2.45, 2.75) is 13.8 Å². The summed E-state index contributed by atoms with van der Waals surface area (Å²) in [5.74, 6) is -2.19. The maximum atomic E-state index is 13.5. The average molecular weight is 361 g/mol. The van der Waals surface area contributed by atoms with Crippen LogP contribution >= 0.6 is 0 Å². The number of hydrogen-bond acceptors (Lipinski definition) is 3. The Morgan fingerprint density at radius 3 is 2.23 bits per heavy atom. The quantitative estimate of drug-likeness (QED) is 0.831. The van der Waals surface area contributed by atoms with E-state index in [2.05, 4.69) is 10.6 Å².